The van der Waals surface area contributed by atoms with Crippen LogP contribution in [0.2, 0.25) is 0 Å². The molecule has 8 bridgehead atoms. The second kappa shape index (κ2) is 6.98. The molecule has 8 aliphatic carbocycles. The summed E-state index contributed by atoms with van der Waals surface area (Å²) in [6.45, 7) is 18.0. The molecule has 0 aromatic carbocycles. The van der Waals surface area contributed by atoms with Gasteiger partial charge in [-0.25, -0.2) is 0 Å². The molecule has 8 saturated carbocycles. The normalized spacial score (nSPS) is 56.1. The summed E-state index contributed by atoms with van der Waals surface area (Å²) in [5.41, 5.74) is 1.61. The predicted octanol–water partition coefficient (Wildman–Crippen LogP) is 6.82. The summed E-state index contributed by atoms with van der Waals surface area (Å²) >= 11 is 0. The standard InChI is InChI=1S/C33H52N2O2/c1-26-12-27(2)14-28(3,13-26)20-32(18-26,19-27)24(36)34-8-7-9-35(11-10-34)25(37)33-21-29(4)15-30(5,22-33)17-31(6,16-29)23-33/h7-23H2,1-6H3. The summed E-state index contributed by atoms with van der Waals surface area (Å²) in [4.78, 5) is 33.2. The molecule has 1 saturated heterocycles. The zero-order valence-electron chi connectivity index (χ0n) is 24.7. The molecule has 1 aliphatic heterocycles. The molecule has 0 radical (unpaired) electrons. The van der Waals surface area contributed by atoms with Crippen molar-refractivity contribution >= 4 is 11.8 Å². The Morgan fingerprint density at radius 3 is 0.892 bits per heavy atom. The van der Waals surface area contributed by atoms with E-state index in [-0.39, 0.29) is 10.8 Å². The van der Waals surface area contributed by atoms with Crippen molar-refractivity contribution in [3.63, 3.8) is 0 Å². The Labute approximate surface area is 225 Å². The summed E-state index contributed by atoms with van der Waals surface area (Å²) in [6, 6.07) is 0. The first-order valence-electron chi connectivity index (χ1n) is 15.6. The lowest BCUT2D eigenvalue weighted by molar-refractivity contribution is -0.200. The van der Waals surface area contributed by atoms with Gasteiger partial charge in [0.05, 0.1) is 10.8 Å². The lowest BCUT2D eigenvalue weighted by Crippen LogP contribution is -2.64. The van der Waals surface area contributed by atoms with Crippen LogP contribution in [0, 0.1) is 43.3 Å². The van der Waals surface area contributed by atoms with E-state index >= 15 is 0 Å². The van der Waals surface area contributed by atoms with Gasteiger partial charge in [-0.3, -0.25) is 9.59 Å². The molecule has 9 fully saturated rings. The molecule has 9 aliphatic rings. The highest BCUT2D eigenvalue weighted by Gasteiger charge is 2.68. The van der Waals surface area contributed by atoms with Gasteiger partial charge in [-0.2, -0.15) is 0 Å². The predicted molar refractivity (Wildman–Crippen MR) is 147 cm³/mol. The fraction of sp³-hybridized carbons (Fsp3) is 0.939. The second-order valence-electron chi connectivity index (χ2n) is 18.5. The van der Waals surface area contributed by atoms with Gasteiger partial charge in [0.25, 0.3) is 0 Å². The third-order valence-corrected chi connectivity index (χ3v) is 12.7. The van der Waals surface area contributed by atoms with Gasteiger partial charge in [0.2, 0.25) is 11.8 Å². The van der Waals surface area contributed by atoms with Crippen molar-refractivity contribution < 1.29 is 9.59 Å². The Balaban J connectivity index is 1.10. The molecule has 206 valence electrons. The fourth-order valence-electron chi connectivity index (χ4n) is 15.0. The van der Waals surface area contributed by atoms with E-state index in [9.17, 15) is 9.59 Å². The molecular formula is C33H52N2O2. The average molecular weight is 509 g/mol. The van der Waals surface area contributed by atoms with Crippen LogP contribution in [0.1, 0.15) is 125 Å². The Morgan fingerprint density at radius 1 is 0.405 bits per heavy atom. The van der Waals surface area contributed by atoms with E-state index in [1.165, 1.54) is 38.5 Å². The van der Waals surface area contributed by atoms with Gasteiger partial charge in [0, 0.05) is 26.2 Å². The smallest absolute Gasteiger partial charge is 0.228 e. The molecule has 4 heteroatoms. The number of carbonyl (C=O) groups is 2. The minimum absolute atomic E-state index is 0.163. The number of nitrogens with zero attached hydrogens (tertiary/aromatic N) is 2. The first kappa shape index (κ1) is 24.9. The highest BCUT2D eigenvalue weighted by Crippen LogP contribution is 2.75. The number of amides is 2. The number of hydrogen-bond acceptors (Lipinski definition) is 2. The minimum Gasteiger partial charge on any atom is -0.340 e. The molecule has 1 heterocycles. The van der Waals surface area contributed by atoms with Crippen molar-refractivity contribution in [1.82, 2.24) is 9.80 Å². The van der Waals surface area contributed by atoms with E-state index in [0.29, 0.717) is 44.3 Å². The van der Waals surface area contributed by atoms with Crippen LogP contribution in [0.3, 0.4) is 0 Å². The van der Waals surface area contributed by atoms with Crippen molar-refractivity contribution in [1.29, 1.82) is 0 Å². The van der Waals surface area contributed by atoms with Crippen LogP contribution in [0.4, 0.5) is 0 Å². The van der Waals surface area contributed by atoms with E-state index in [1.807, 2.05) is 0 Å². The van der Waals surface area contributed by atoms with Crippen molar-refractivity contribution in [2.45, 2.75) is 125 Å². The maximum atomic E-state index is 14.4. The summed E-state index contributed by atoms with van der Waals surface area (Å²) < 4.78 is 0. The lowest BCUT2D eigenvalue weighted by Gasteiger charge is -2.68. The fourth-order valence-corrected chi connectivity index (χ4v) is 15.0. The zero-order valence-corrected chi connectivity index (χ0v) is 24.7. The SMILES string of the molecule is CC12CC3(C)CC(C)(C1)CC(C(=O)N1CCCN(C(=O)C45CC6(C)CC(C)(CC(C)(C6)C4)C5)CC1)(C2)C3. The Hall–Kier alpha value is -1.06. The van der Waals surface area contributed by atoms with Crippen LogP contribution in [0.15, 0.2) is 0 Å². The summed E-state index contributed by atoms with van der Waals surface area (Å²) in [6.07, 6.45) is 15.2. The summed E-state index contributed by atoms with van der Waals surface area (Å²) in [7, 11) is 0. The van der Waals surface area contributed by atoms with E-state index in [0.717, 1.165) is 71.1 Å². The third-order valence-electron chi connectivity index (χ3n) is 12.7. The van der Waals surface area contributed by atoms with Gasteiger partial charge in [-0.1, -0.05) is 41.5 Å². The molecular weight excluding hydrogens is 456 g/mol. The highest BCUT2D eigenvalue weighted by atomic mass is 16.2. The number of hydrogen-bond donors (Lipinski definition) is 0. The molecule has 0 unspecified atom stereocenters. The second-order valence-corrected chi connectivity index (χ2v) is 18.5. The van der Waals surface area contributed by atoms with E-state index in [4.69, 9.17) is 0 Å². The van der Waals surface area contributed by atoms with E-state index < -0.39 is 0 Å². The van der Waals surface area contributed by atoms with Crippen LogP contribution in [0.5, 0.6) is 0 Å². The van der Waals surface area contributed by atoms with Crippen LogP contribution in [0.25, 0.3) is 0 Å². The summed E-state index contributed by atoms with van der Waals surface area (Å²) in [5, 5.41) is 0. The Morgan fingerprint density at radius 2 is 0.649 bits per heavy atom. The monoisotopic (exact) mass is 508 g/mol. The van der Waals surface area contributed by atoms with E-state index in [2.05, 4.69) is 51.3 Å². The maximum absolute atomic E-state index is 14.4. The highest BCUT2D eigenvalue weighted by molar-refractivity contribution is 5.85. The molecule has 0 spiro atoms. The largest absolute Gasteiger partial charge is 0.340 e. The molecule has 0 atom stereocenters. The van der Waals surface area contributed by atoms with E-state index in [1.54, 1.807) is 0 Å². The van der Waals surface area contributed by atoms with Gasteiger partial charge in [0.15, 0.2) is 0 Å². The first-order valence-corrected chi connectivity index (χ1v) is 15.6. The van der Waals surface area contributed by atoms with Gasteiger partial charge in [-0.15, -0.1) is 0 Å². The zero-order chi connectivity index (χ0) is 26.3. The first-order chi connectivity index (χ1) is 17.0. The molecule has 0 aromatic heterocycles. The molecule has 37 heavy (non-hydrogen) atoms. The van der Waals surface area contributed by atoms with Gasteiger partial charge < -0.3 is 9.80 Å². The van der Waals surface area contributed by atoms with Crippen LogP contribution in [-0.2, 0) is 9.59 Å². The van der Waals surface area contributed by atoms with Crippen LogP contribution in [-0.4, -0.2) is 47.8 Å². The topological polar surface area (TPSA) is 40.6 Å². The Kier molecular flexibility index (Phi) is 4.71. The third kappa shape index (κ3) is 3.65. The number of carbonyl (C=O) groups excluding carboxylic acids is 2. The quantitative estimate of drug-likeness (QED) is 0.411. The van der Waals surface area contributed by atoms with Crippen molar-refractivity contribution in [2.75, 3.05) is 26.2 Å². The molecule has 0 aromatic rings. The molecule has 4 nitrogen and oxygen atoms in total. The lowest BCUT2D eigenvalue weighted by atomic mass is 9.36. The van der Waals surface area contributed by atoms with Crippen LogP contribution < -0.4 is 0 Å². The maximum Gasteiger partial charge on any atom is 0.228 e. The summed E-state index contributed by atoms with van der Waals surface area (Å²) in [5.74, 6) is 0.874. The number of rotatable bonds is 2. The van der Waals surface area contributed by atoms with Gasteiger partial charge in [0.1, 0.15) is 0 Å². The average Bonchev–Trinajstić information content (AvgIpc) is 2.91. The molecule has 2 amide bonds. The van der Waals surface area contributed by atoms with Crippen molar-refractivity contribution in [3.8, 4) is 0 Å². The molecule has 0 N–H and O–H groups in total. The van der Waals surface area contributed by atoms with Crippen LogP contribution >= 0.6 is 0 Å². The van der Waals surface area contributed by atoms with Gasteiger partial charge >= 0.3 is 0 Å². The Bertz CT molecular complexity index is 871. The van der Waals surface area contributed by atoms with Crippen molar-refractivity contribution in [3.05, 3.63) is 0 Å². The molecule has 9 rings (SSSR count). The minimum atomic E-state index is -0.163. The van der Waals surface area contributed by atoms with Gasteiger partial charge in [-0.05, 0) is 116 Å². The van der Waals surface area contributed by atoms with Crippen molar-refractivity contribution in [2.24, 2.45) is 43.3 Å².